The molecule has 1 aliphatic rings. The quantitative estimate of drug-likeness (QED) is 0.302. The normalized spacial score (nSPS) is 16.4. The summed E-state index contributed by atoms with van der Waals surface area (Å²) in [7, 11) is 2.13. The van der Waals surface area contributed by atoms with Gasteiger partial charge in [-0.25, -0.2) is 0 Å². The minimum Gasteiger partial charge on any atom is -0.456 e. The van der Waals surface area contributed by atoms with Crippen LogP contribution in [0.4, 0.5) is 5.69 Å². The summed E-state index contributed by atoms with van der Waals surface area (Å²) in [5.41, 5.74) is 8.61. The van der Waals surface area contributed by atoms with Gasteiger partial charge in [0, 0.05) is 42.9 Å². The molecular formula is C29H32N2O+2. The highest BCUT2D eigenvalue weighted by Crippen LogP contribution is 2.45. The Morgan fingerprint density at radius 2 is 1.59 bits per heavy atom. The first-order chi connectivity index (χ1) is 15.4. The van der Waals surface area contributed by atoms with Crippen molar-refractivity contribution in [3.05, 3.63) is 89.1 Å². The van der Waals surface area contributed by atoms with Crippen LogP contribution in [-0.4, -0.2) is 16.4 Å². The topological polar surface area (TPSA) is 19.2 Å². The van der Waals surface area contributed by atoms with Crippen LogP contribution in [-0.2, 0) is 0 Å². The summed E-state index contributed by atoms with van der Waals surface area (Å²) >= 11 is 0. The molecule has 3 heteroatoms. The number of hydrogen-bond donors (Lipinski definition) is 0. The second-order valence-corrected chi connectivity index (χ2v) is 9.57. The number of azo groups is 4. The van der Waals surface area contributed by atoms with E-state index in [1.54, 1.807) is 0 Å². The third-order valence-corrected chi connectivity index (χ3v) is 6.72. The van der Waals surface area contributed by atoms with Gasteiger partial charge in [0.1, 0.15) is 11.2 Å². The van der Waals surface area contributed by atoms with Gasteiger partial charge < -0.3 is 4.42 Å². The molecule has 0 N–H and O–H groups in total. The summed E-state index contributed by atoms with van der Waals surface area (Å²) in [5.74, 6) is 0.739. The Labute approximate surface area is 190 Å². The number of furan rings is 1. The number of aryl methyl sites for hydroxylation is 1. The number of fused-ring (bicyclic) bond motifs is 3. The van der Waals surface area contributed by atoms with E-state index in [2.05, 4.69) is 118 Å². The Morgan fingerprint density at radius 3 is 2.31 bits per heavy atom. The van der Waals surface area contributed by atoms with Crippen molar-refractivity contribution in [1.29, 1.82) is 0 Å². The Hall–Kier alpha value is -3.20. The highest BCUT2D eigenvalue weighted by Gasteiger charge is 2.42. The van der Waals surface area contributed by atoms with Crippen molar-refractivity contribution >= 4 is 27.6 Å². The monoisotopic (exact) mass is 424 g/mol. The predicted octanol–water partition coefficient (Wildman–Crippen LogP) is 8.15. The van der Waals surface area contributed by atoms with Gasteiger partial charge in [-0.2, -0.15) is 0 Å². The van der Waals surface area contributed by atoms with E-state index in [1.807, 2.05) is 0 Å². The summed E-state index contributed by atoms with van der Waals surface area (Å²) in [6.45, 7) is 11.4. The fourth-order valence-corrected chi connectivity index (χ4v) is 5.22. The molecular weight excluding hydrogens is 392 g/mol. The summed E-state index contributed by atoms with van der Waals surface area (Å²) < 4.78 is 11.1. The molecule has 162 valence electrons. The van der Waals surface area contributed by atoms with E-state index >= 15 is 0 Å². The lowest BCUT2D eigenvalue weighted by molar-refractivity contribution is -0.954. The molecule has 2 heterocycles. The molecule has 0 saturated carbocycles. The van der Waals surface area contributed by atoms with Crippen molar-refractivity contribution in [2.24, 2.45) is 0 Å². The van der Waals surface area contributed by atoms with Gasteiger partial charge in [0.2, 0.25) is 13.2 Å². The van der Waals surface area contributed by atoms with Crippen LogP contribution >= 0.6 is 0 Å². The molecule has 0 saturated heterocycles. The van der Waals surface area contributed by atoms with E-state index in [0.717, 1.165) is 11.2 Å². The number of para-hydroxylation sites is 2. The van der Waals surface area contributed by atoms with E-state index in [1.165, 1.54) is 38.7 Å². The molecule has 0 radical (unpaired) electrons. The molecule has 1 aromatic heterocycles. The zero-order valence-corrected chi connectivity index (χ0v) is 19.9. The lowest BCUT2D eigenvalue weighted by Crippen LogP contribution is -2.19. The summed E-state index contributed by atoms with van der Waals surface area (Å²) in [6.07, 6.45) is 4.52. The maximum atomic E-state index is 6.52. The third kappa shape index (κ3) is 3.10. The van der Waals surface area contributed by atoms with Crippen LogP contribution in [0.25, 0.3) is 21.9 Å². The van der Waals surface area contributed by atoms with Crippen molar-refractivity contribution in [1.82, 2.24) is 0 Å². The van der Waals surface area contributed by atoms with Crippen LogP contribution < -0.4 is 0 Å². The first-order valence-corrected chi connectivity index (χ1v) is 11.6. The molecule has 5 rings (SSSR count). The van der Waals surface area contributed by atoms with Crippen LogP contribution in [0.3, 0.4) is 0 Å². The van der Waals surface area contributed by atoms with E-state index < -0.39 is 0 Å². The average molecular weight is 425 g/mol. The summed E-state index contributed by atoms with van der Waals surface area (Å²) in [6, 6.07) is 19.6. The Morgan fingerprint density at radius 1 is 0.875 bits per heavy atom. The van der Waals surface area contributed by atoms with Crippen LogP contribution in [0.2, 0.25) is 0 Å². The smallest absolute Gasteiger partial charge is 0.273 e. The average Bonchev–Trinajstić information content (AvgIpc) is 3.32. The van der Waals surface area contributed by atoms with E-state index in [0.29, 0.717) is 11.8 Å². The highest BCUT2D eigenvalue weighted by atomic mass is 16.3. The SMILES string of the molecule is Cc1ccccc1[N+]1=[N+](C)C=CC1c1c(C(C)C)cc2c(oc3ccccc32)c1C(C)C. The minimum atomic E-state index is 0.119. The third-order valence-electron chi connectivity index (χ3n) is 6.72. The van der Waals surface area contributed by atoms with Crippen molar-refractivity contribution in [3.63, 3.8) is 0 Å². The van der Waals surface area contributed by atoms with E-state index in [4.69, 9.17) is 4.42 Å². The largest absolute Gasteiger partial charge is 0.456 e. The molecule has 1 aliphatic heterocycles. The fourth-order valence-electron chi connectivity index (χ4n) is 5.22. The summed E-state index contributed by atoms with van der Waals surface area (Å²) in [5, 5.41) is 2.43. The maximum Gasteiger partial charge on any atom is 0.273 e. The molecule has 0 amide bonds. The maximum absolute atomic E-state index is 6.52. The van der Waals surface area contributed by atoms with Gasteiger partial charge >= 0.3 is 0 Å². The van der Waals surface area contributed by atoms with E-state index in [9.17, 15) is 0 Å². The Balaban J connectivity index is 1.86. The van der Waals surface area contributed by atoms with Gasteiger partial charge in [0.05, 0.1) is 6.08 Å². The van der Waals surface area contributed by atoms with Crippen LogP contribution in [0.1, 0.15) is 67.8 Å². The number of benzene rings is 3. The number of rotatable bonds is 4. The first-order valence-electron chi connectivity index (χ1n) is 11.6. The highest BCUT2D eigenvalue weighted by molar-refractivity contribution is 6.06. The van der Waals surface area contributed by atoms with Gasteiger partial charge in [0.15, 0.2) is 0 Å². The molecule has 1 unspecified atom stereocenters. The number of nitrogens with zero attached hydrogens (tertiary/aromatic N) is 2. The zero-order chi connectivity index (χ0) is 22.6. The van der Waals surface area contributed by atoms with Crippen LogP contribution in [0, 0.1) is 6.92 Å². The second-order valence-electron chi connectivity index (χ2n) is 9.57. The second kappa shape index (κ2) is 7.74. The molecule has 3 nitrogen and oxygen atoms in total. The number of hydrogen-bond acceptors (Lipinski definition) is 1. The predicted molar refractivity (Wildman–Crippen MR) is 131 cm³/mol. The summed E-state index contributed by atoms with van der Waals surface area (Å²) in [4.78, 5) is 0. The van der Waals surface area contributed by atoms with Crippen molar-refractivity contribution < 1.29 is 13.8 Å². The molecule has 1 atom stereocenters. The van der Waals surface area contributed by atoms with Gasteiger partial charge in [-0.3, -0.25) is 0 Å². The molecule has 0 fully saturated rings. The molecule has 0 bridgehead atoms. The van der Waals surface area contributed by atoms with Crippen molar-refractivity contribution in [2.75, 3.05) is 7.05 Å². The lowest BCUT2D eigenvalue weighted by atomic mass is 9.83. The molecule has 32 heavy (non-hydrogen) atoms. The van der Waals surface area contributed by atoms with Crippen LogP contribution in [0.5, 0.6) is 0 Å². The fraction of sp³-hybridized carbons (Fsp3) is 0.310. The van der Waals surface area contributed by atoms with Gasteiger partial charge in [0.25, 0.3) is 11.7 Å². The Bertz CT molecular complexity index is 1400. The first kappa shape index (κ1) is 20.7. The van der Waals surface area contributed by atoms with E-state index in [-0.39, 0.29) is 6.04 Å². The lowest BCUT2D eigenvalue weighted by Gasteiger charge is -2.21. The standard InChI is InChI=1S/C29H32N2O/c1-18(2)22-17-23-21-12-8-10-14-26(21)32-29(23)27(19(3)4)28(22)25-15-16-30(6)31(25)24-13-9-7-11-20(24)5/h7-19,25H,1-6H3/q+2. The van der Waals surface area contributed by atoms with Crippen molar-refractivity contribution in [2.45, 2.75) is 52.5 Å². The Kier molecular flexibility index (Phi) is 5.00. The van der Waals surface area contributed by atoms with Gasteiger partial charge in [-0.15, -0.1) is 0 Å². The molecule has 0 aliphatic carbocycles. The van der Waals surface area contributed by atoms with Crippen molar-refractivity contribution in [3.8, 4) is 0 Å². The van der Waals surface area contributed by atoms with Gasteiger partial charge in [-0.05, 0) is 36.5 Å². The van der Waals surface area contributed by atoms with Gasteiger partial charge in [-0.1, -0.05) is 64.1 Å². The molecule has 3 aromatic carbocycles. The zero-order valence-electron chi connectivity index (χ0n) is 19.9. The minimum absolute atomic E-state index is 0.119. The van der Waals surface area contributed by atoms with Crippen LogP contribution in [0.15, 0.2) is 71.3 Å². The molecule has 4 aromatic rings. The molecule has 0 spiro atoms.